The van der Waals surface area contributed by atoms with Gasteiger partial charge in [-0.05, 0) is 43.5 Å². The van der Waals surface area contributed by atoms with Gasteiger partial charge in [0.25, 0.3) is 0 Å². The van der Waals surface area contributed by atoms with E-state index >= 15 is 0 Å². The average molecular weight is 228 g/mol. The van der Waals surface area contributed by atoms with Crippen LogP contribution < -0.4 is 0 Å². The topological polar surface area (TPSA) is 34.1 Å². The molecule has 15 heavy (non-hydrogen) atoms. The van der Waals surface area contributed by atoms with Crippen LogP contribution in [0.25, 0.3) is 6.08 Å². The van der Waals surface area contributed by atoms with Gasteiger partial charge in [-0.1, -0.05) is 17.7 Å². The summed E-state index contributed by atoms with van der Waals surface area (Å²) >= 11 is 0. The Morgan fingerprint density at radius 1 is 1.13 bits per heavy atom. The first-order chi connectivity index (χ1) is 6.79. The van der Waals surface area contributed by atoms with Crippen molar-refractivity contribution >= 4 is 16.3 Å². The molecule has 0 heterocycles. The van der Waals surface area contributed by atoms with Crippen LogP contribution in [0.4, 0.5) is 3.89 Å². The van der Waals surface area contributed by atoms with Gasteiger partial charge in [-0.2, -0.15) is 8.42 Å². The molecular weight excluding hydrogens is 215 g/mol. The van der Waals surface area contributed by atoms with Crippen molar-refractivity contribution in [2.24, 2.45) is 0 Å². The van der Waals surface area contributed by atoms with Gasteiger partial charge in [0, 0.05) is 0 Å². The Balaban J connectivity index is 3.22. The second kappa shape index (κ2) is 4.14. The number of halogens is 1. The van der Waals surface area contributed by atoms with Gasteiger partial charge >= 0.3 is 10.2 Å². The molecular formula is C11H13FO2S. The van der Waals surface area contributed by atoms with Gasteiger partial charge in [0.15, 0.2) is 0 Å². The summed E-state index contributed by atoms with van der Waals surface area (Å²) in [5.74, 6) is 0. The molecule has 1 rings (SSSR count). The van der Waals surface area contributed by atoms with Crippen LogP contribution in [0.1, 0.15) is 22.3 Å². The molecule has 0 N–H and O–H groups in total. The molecule has 0 spiro atoms. The summed E-state index contributed by atoms with van der Waals surface area (Å²) in [5.41, 5.74) is 3.73. The number of rotatable bonds is 2. The number of benzene rings is 1. The molecule has 0 saturated heterocycles. The van der Waals surface area contributed by atoms with Crippen molar-refractivity contribution in [1.82, 2.24) is 0 Å². The minimum atomic E-state index is -4.55. The summed E-state index contributed by atoms with van der Waals surface area (Å²) in [5, 5.41) is 0.581. The van der Waals surface area contributed by atoms with Gasteiger partial charge in [0.1, 0.15) is 0 Å². The van der Waals surface area contributed by atoms with Crippen LogP contribution in [-0.2, 0) is 10.2 Å². The second-order valence-corrected chi connectivity index (χ2v) is 4.81. The van der Waals surface area contributed by atoms with E-state index in [-0.39, 0.29) is 0 Å². The van der Waals surface area contributed by atoms with Crippen LogP contribution in [0.3, 0.4) is 0 Å². The molecule has 0 fully saturated rings. The summed E-state index contributed by atoms with van der Waals surface area (Å²) in [6, 6.07) is 3.86. The smallest absolute Gasteiger partial charge is 0.190 e. The Morgan fingerprint density at radius 2 is 1.60 bits per heavy atom. The van der Waals surface area contributed by atoms with E-state index < -0.39 is 10.2 Å². The van der Waals surface area contributed by atoms with Crippen molar-refractivity contribution < 1.29 is 12.3 Å². The lowest BCUT2D eigenvalue weighted by atomic mass is 10.0. The summed E-state index contributed by atoms with van der Waals surface area (Å²) in [6.07, 6.45) is 1.29. The summed E-state index contributed by atoms with van der Waals surface area (Å²) in [7, 11) is -4.55. The molecule has 1 aromatic rings. The number of aryl methyl sites for hydroxylation is 3. The van der Waals surface area contributed by atoms with Crippen LogP contribution in [-0.4, -0.2) is 8.42 Å². The zero-order valence-electron chi connectivity index (χ0n) is 8.91. The molecule has 0 atom stereocenters. The highest BCUT2D eigenvalue weighted by molar-refractivity contribution is 7.89. The van der Waals surface area contributed by atoms with Gasteiger partial charge < -0.3 is 0 Å². The highest BCUT2D eigenvalue weighted by Crippen LogP contribution is 2.18. The molecule has 0 aromatic heterocycles. The van der Waals surface area contributed by atoms with Crippen molar-refractivity contribution in [3.8, 4) is 0 Å². The normalized spacial score (nSPS) is 12.3. The predicted octanol–water partition coefficient (Wildman–Crippen LogP) is 2.88. The fourth-order valence-electron chi connectivity index (χ4n) is 1.60. The third-order valence-electron chi connectivity index (χ3n) is 2.14. The third-order valence-corrected chi connectivity index (χ3v) is 2.60. The maximum absolute atomic E-state index is 12.3. The maximum Gasteiger partial charge on any atom is 0.325 e. The molecule has 0 aliphatic heterocycles. The van der Waals surface area contributed by atoms with Crippen molar-refractivity contribution in [3.05, 3.63) is 39.8 Å². The first kappa shape index (κ1) is 11.9. The molecule has 0 aliphatic carbocycles. The SMILES string of the molecule is Cc1cc(C)c(/C=C/S(=O)(=O)F)c(C)c1. The molecule has 0 bridgehead atoms. The van der Waals surface area contributed by atoms with E-state index in [1.54, 1.807) is 0 Å². The Hall–Kier alpha value is -1.16. The minimum absolute atomic E-state index is 0.581. The van der Waals surface area contributed by atoms with Gasteiger partial charge in [-0.3, -0.25) is 0 Å². The maximum atomic E-state index is 12.3. The van der Waals surface area contributed by atoms with E-state index in [2.05, 4.69) is 0 Å². The lowest BCUT2D eigenvalue weighted by Gasteiger charge is -2.06. The fraction of sp³-hybridized carbons (Fsp3) is 0.273. The third kappa shape index (κ3) is 3.47. The molecule has 2 nitrogen and oxygen atoms in total. The van der Waals surface area contributed by atoms with E-state index in [1.165, 1.54) is 6.08 Å². The summed E-state index contributed by atoms with van der Waals surface area (Å²) in [4.78, 5) is 0. The quantitative estimate of drug-likeness (QED) is 0.729. The van der Waals surface area contributed by atoms with Gasteiger partial charge in [0.2, 0.25) is 0 Å². The van der Waals surface area contributed by atoms with Gasteiger partial charge in [-0.15, -0.1) is 3.89 Å². The summed E-state index contributed by atoms with van der Waals surface area (Å²) < 4.78 is 33.0. The van der Waals surface area contributed by atoms with E-state index in [0.29, 0.717) is 5.41 Å². The van der Waals surface area contributed by atoms with E-state index in [4.69, 9.17) is 0 Å². The standard InChI is InChI=1S/C11H13FO2S/c1-8-6-9(2)11(10(3)7-8)4-5-15(12,13)14/h4-7H,1-3H3/b5-4+. The van der Waals surface area contributed by atoms with Crippen LogP contribution >= 0.6 is 0 Å². The van der Waals surface area contributed by atoms with Crippen molar-refractivity contribution in [2.45, 2.75) is 20.8 Å². The van der Waals surface area contributed by atoms with Gasteiger partial charge in [-0.25, -0.2) is 0 Å². The van der Waals surface area contributed by atoms with Crippen LogP contribution in [0.5, 0.6) is 0 Å². The number of hydrogen-bond acceptors (Lipinski definition) is 2. The van der Waals surface area contributed by atoms with E-state index in [9.17, 15) is 12.3 Å². The molecule has 1 aromatic carbocycles. The van der Waals surface area contributed by atoms with Crippen LogP contribution in [0.15, 0.2) is 17.5 Å². The van der Waals surface area contributed by atoms with Crippen molar-refractivity contribution in [2.75, 3.05) is 0 Å². The first-order valence-electron chi connectivity index (χ1n) is 4.50. The lowest BCUT2D eigenvalue weighted by molar-refractivity contribution is 0.563. The summed E-state index contributed by atoms with van der Waals surface area (Å²) in [6.45, 7) is 5.69. The first-order valence-corrected chi connectivity index (χ1v) is 5.95. The average Bonchev–Trinajstić information content (AvgIpc) is 1.99. The van der Waals surface area contributed by atoms with E-state index in [0.717, 1.165) is 22.3 Å². The van der Waals surface area contributed by atoms with Crippen molar-refractivity contribution in [1.29, 1.82) is 0 Å². The predicted molar refractivity (Wildman–Crippen MR) is 59.7 cm³/mol. The molecule has 82 valence electrons. The highest BCUT2D eigenvalue weighted by atomic mass is 32.3. The molecule has 4 heteroatoms. The largest absolute Gasteiger partial charge is 0.325 e. The molecule has 0 unspecified atom stereocenters. The second-order valence-electron chi connectivity index (χ2n) is 3.59. The molecule has 0 saturated carbocycles. The molecule has 0 aliphatic rings. The monoisotopic (exact) mass is 228 g/mol. The highest BCUT2D eigenvalue weighted by Gasteiger charge is 2.03. The zero-order chi connectivity index (χ0) is 11.6. The Morgan fingerprint density at radius 3 is 2.00 bits per heavy atom. The Kier molecular flexibility index (Phi) is 3.29. The van der Waals surface area contributed by atoms with Crippen LogP contribution in [0, 0.1) is 20.8 Å². The lowest BCUT2D eigenvalue weighted by Crippen LogP contribution is -1.89. The fourth-order valence-corrected chi connectivity index (χ4v) is 1.90. The van der Waals surface area contributed by atoms with Crippen molar-refractivity contribution in [3.63, 3.8) is 0 Å². The van der Waals surface area contributed by atoms with E-state index in [1.807, 2.05) is 32.9 Å². The molecule has 0 amide bonds. The zero-order valence-corrected chi connectivity index (χ0v) is 9.73. The van der Waals surface area contributed by atoms with Crippen LogP contribution in [0.2, 0.25) is 0 Å². The Labute approximate surface area is 89.7 Å². The molecule has 0 radical (unpaired) electrons. The van der Waals surface area contributed by atoms with Gasteiger partial charge in [0.05, 0.1) is 5.41 Å². The Bertz CT molecular complexity index is 478. The number of hydrogen-bond donors (Lipinski definition) is 0. The minimum Gasteiger partial charge on any atom is -0.190 e.